The number of carboxylic acids is 1. The van der Waals surface area contributed by atoms with Crippen LogP contribution in [0.5, 0.6) is 0 Å². The van der Waals surface area contributed by atoms with Crippen molar-refractivity contribution in [3.8, 4) is 11.1 Å². The number of hydrogen-bond donors (Lipinski definition) is 2. The number of carboxylic acid groups (broad SMARTS) is 1. The molecular weight excluding hydrogens is 480 g/mol. The first-order valence-corrected chi connectivity index (χ1v) is 12.8. The van der Waals surface area contributed by atoms with Crippen molar-refractivity contribution in [2.75, 3.05) is 0 Å². The fraction of sp³-hybridized carbons (Fsp3) is 0.333. The summed E-state index contributed by atoms with van der Waals surface area (Å²) < 4.78 is 3.29. The fourth-order valence-electron chi connectivity index (χ4n) is 5.00. The van der Waals surface area contributed by atoms with Crippen LogP contribution in [0.25, 0.3) is 16.8 Å². The lowest BCUT2D eigenvalue weighted by atomic mass is 9.93. The number of imidazole rings is 1. The third-order valence-electron chi connectivity index (χ3n) is 6.79. The van der Waals surface area contributed by atoms with Crippen molar-refractivity contribution in [3.63, 3.8) is 0 Å². The van der Waals surface area contributed by atoms with E-state index >= 15 is 0 Å². The quantitative estimate of drug-likeness (QED) is 0.327. The van der Waals surface area contributed by atoms with Crippen molar-refractivity contribution in [3.05, 3.63) is 93.8 Å². The van der Waals surface area contributed by atoms with Crippen LogP contribution in [-0.4, -0.2) is 30.9 Å². The molecule has 0 radical (unpaired) electrons. The van der Waals surface area contributed by atoms with E-state index in [1.54, 1.807) is 18.5 Å². The zero-order valence-corrected chi connectivity index (χ0v) is 22.4. The van der Waals surface area contributed by atoms with Gasteiger partial charge < -0.3 is 19.4 Å². The minimum absolute atomic E-state index is 0.134. The first kappa shape index (κ1) is 26.9. The number of carbonyl (C=O) groups is 2. The van der Waals surface area contributed by atoms with Crippen molar-refractivity contribution in [2.24, 2.45) is 5.92 Å². The molecule has 38 heavy (non-hydrogen) atoms. The largest absolute Gasteiger partial charge is 0.481 e. The number of nitrogens with zero attached hydrogens (tertiary/aromatic N) is 3. The number of fused-ring (bicyclic) bond motifs is 1. The van der Waals surface area contributed by atoms with Gasteiger partial charge in [-0.1, -0.05) is 32.0 Å². The van der Waals surface area contributed by atoms with E-state index in [9.17, 15) is 19.5 Å². The van der Waals surface area contributed by atoms with Gasteiger partial charge in [-0.2, -0.15) is 0 Å². The third-order valence-corrected chi connectivity index (χ3v) is 6.79. The number of aromatic nitrogens is 3. The standard InChI is InChI=1S/C30H34N4O4/c1-18(2)13-25(34-11-9-19(3)14-26(34)35)30(38)32-24(16-27(36)37)22-15-23(29-31-10-12-33(29)17-22)28-20(4)7-6-8-21(28)5/h6-12,14-15,17-18,24-25H,13,16H2,1-5H3,(H,32,38)(H,36,37)/t24-,25+/m1/s1. The molecule has 3 aromatic heterocycles. The smallest absolute Gasteiger partial charge is 0.305 e. The maximum atomic E-state index is 13.7. The van der Waals surface area contributed by atoms with E-state index in [0.29, 0.717) is 12.0 Å². The Labute approximate surface area is 222 Å². The van der Waals surface area contributed by atoms with Crippen LogP contribution in [0.3, 0.4) is 0 Å². The molecular formula is C30H34N4O4. The Bertz CT molecular complexity index is 1530. The molecule has 8 heteroatoms. The van der Waals surface area contributed by atoms with Crippen LogP contribution in [0.4, 0.5) is 0 Å². The number of carbonyl (C=O) groups excluding carboxylic acids is 1. The summed E-state index contributed by atoms with van der Waals surface area (Å²) in [6.45, 7) is 9.85. The molecule has 0 aliphatic carbocycles. The highest BCUT2D eigenvalue weighted by molar-refractivity contribution is 5.84. The van der Waals surface area contributed by atoms with E-state index in [4.69, 9.17) is 0 Å². The van der Waals surface area contributed by atoms with E-state index < -0.39 is 24.0 Å². The van der Waals surface area contributed by atoms with Gasteiger partial charge in [-0.15, -0.1) is 0 Å². The van der Waals surface area contributed by atoms with Gasteiger partial charge in [-0.05, 0) is 73.1 Å². The molecule has 0 bridgehead atoms. The SMILES string of the molecule is Cc1ccn([C@@H](CC(C)C)C(=O)N[C@H](CC(=O)O)c2cc(-c3c(C)cccc3C)c3nccn3c2)c(=O)c1. The van der Waals surface area contributed by atoms with Crippen molar-refractivity contribution in [1.82, 2.24) is 19.3 Å². The van der Waals surface area contributed by atoms with E-state index in [-0.39, 0.29) is 17.9 Å². The second-order valence-electron chi connectivity index (χ2n) is 10.4. The molecule has 0 fully saturated rings. The van der Waals surface area contributed by atoms with Crippen molar-refractivity contribution < 1.29 is 14.7 Å². The summed E-state index contributed by atoms with van der Waals surface area (Å²) in [6.07, 6.45) is 7.07. The maximum Gasteiger partial charge on any atom is 0.305 e. The topological polar surface area (TPSA) is 106 Å². The summed E-state index contributed by atoms with van der Waals surface area (Å²) in [5, 5.41) is 12.7. The monoisotopic (exact) mass is 514 g/mol. The number of nitrogens with one attached hydrogen (secondary N) is 1. The third kappa shape index (κ3) is 5.69. The van der Waals surface area contributed by atoms with Gasteiger partial charge in [0, 0.05) is 36.4 Å². The average molecular weight is 515 g/mol. The van der Waals surface area contributed by atoms with Crippen LogP contribution < -0.4 is 10.9 Å². The highest BCUT2D eigenvalue weighted by Gasteiger charge is 2.27. The van der Waals surface area contributed by atoms with Crippen LogP contribution in [0.2, 0.25) is 0 Å². The number of hydrogen-bond acceptors (Lipinski definition) is 4. The molecule has 1 amide bonds. The molecule has 0 unspecified atom stereocenters. The highest BCUT2D eigenvalue weighted by atomic mass is 16.4. The molecule has 0 aliphatic heterocycles. The molecule has 3 heterocycles. The highest BCUT2D eigenvalue weighted by Crippen LogP contribution is 2.33. The maximum absolute atomic E-state index is 13.7. The lowest BCUT2D eigenvalue weighted by molar-refractivity contribution is -0.138. The molecule has 4 rings (SSSR count). The Kier molecular flexibility index (Phi) is 7.80. The Hall–Kier alpha value is -4.20. The van der Waals surface area contributed by atoms with E-state index in [1.165, 1.54) is 10.6 Å². The minimum atomic E-state index is -1.04. The first-order valence-electron chi connectivity index (χ1n) is 12.8. The predicted molar refractivity (Wildman–Crippen MR) is 147 cm³/mol. The van der Waals surface area contributed by atoms with Crippen LogP contribution in [0, 0.1) is 26.7 Å². The zero-order valence-electron chi connectivity index (χ0n) is 22.4. The first-order chi connectivity index (χ1) is 18.0. The molecule has 198 valence electrons. The van der Waals surface area contributed by atoms with E-state index in [1.807, 2.05) is 75.7 Å². The normalized spacial score (nSPS) is 13.0. The Morgan fingerprint density at radius 3 is 2.39 bits per heavy atom. The molecule has 0 aliphatic rings. The van der Waals surface area contributed by atoms with Crippen molar-refractivity contribution >= 4 is 17.5 Å². The molecule has 0 spiro atoms. The lowest BCUT2D eigenvalue weighted by Gasteiger charge is -2.25. The summed E-state index contributed by atoms with van der Waals surface area (Å²) in [6, 6.07) is 9.68. The molecule has 1 aromatic carbocycles. The van der Waals surface area contributed by atoms with Crippen LogP contribution in [0.1, 0.15) is 61.0 Å². The minimum Gasteiger partial charge on any atom is -0.481 e. The number of amides is 1. The number of benzene rings is 1. The predicted octanol–water partition coefficient (Wildman–Crippen LogP) is 5.01. The lowest BCUT2D eigenvalue weighted by Crippen LogP contribution is -2.40. The second kappa shape index (κ2) is 11.0. The average Bonchev–Trinajstić information content (AvgIpc) is 3.31. The Balaban J connectivity index is 1.79. The van der Waals surface area contributed by atoms with Gasteiger partial charge in [0.1, 0.15) is 11.7 Å². The van der Waals surface area contributed by atoms with Gasteiger partial charge in [-0.3, -0.25) is 14.4 Å². The van der Waals surface area contributed by atoms with Crippen molar-refractivity contribution in [2.45, 2.75) is 59.5 Å². The van der Waals surface area contributed by atoms with Crippen LogP contribution in [-0.2, 0) is 9.59 Å². The number of rotatable bonds is 9. The number of pyridine rings is 2. The Morgan fingerprint density at radius 2 is 1.76 bits per heavy atom. The summed E-state index contributed by atoms with van der Waals surface area (Å²) in [5.41, 5.74) is 5.96. The summed E-state index contributed by atoms with van der Waals surface area (Å²) in [4.78, 5) is 42.9. The van der Waals surface area contributed by atoms with Gasteiger partial charge in [0.25, 0.3) is 5.56 Å². The molecule has 4 aromatic rings. The molecule has 2 atom stereocenters. The van der Waals surface area contributed by atoms with Gasteiger partial charge in [0.2, 0.25) is 5.91 Å². The zero-order chi connectivity index (χ0) is 27.6. The van der Waals surface area contributed by atoms with Gasteiger partial charge >= 0.3 is 5.97 Å². The number of aryl methyl sites for hydroxylation is 3. The van der Waals surface area contributed by atoms with Gasteiger partial charge in [0.05, 0.1) is 12.5 Å². The summed E-state index contributed by atoms with van der Waals surface area (Å²) in [7, 11) is 0. The number of aliphatic carboxylic acids is 1. The molecule has 0 saturated carbocycles. The second-order valence-corrected chi connectivity index (χ2v) is 10.4. The van der Waals surface area contributed by atoms with E-state index in [0.717, 1.165) is 33.5 Å². The van der Waals surface area contributed by atoms with Gasteiger partial charge in [0.15, 0.2) is 0 Å². The Morgan fingerprint density at radius 1 is 1.05 bits per heavy atom. The van der Waals surface area contributed by atoms with E-state index in [2.05, 4.69) is 10.3 Å². The van der Waals surface area contributed by atoms with Gasteiger partial charge in [-0.25, -0.2) is 4.98 Å². The molecule has 8 nitrogen and oxygen atoms in total. The molecule has 0 saturated heterocycles. The van der Waals surface area contributed by atoms with Crippen LogP contribution in [0.15, 0.2) is 66.0 Å². The summed E-state index contributed by atoms with van der Waals surface area (Å²) in [5.74, 6) is -1.30. The van der Waals surface area contributed by atoms with Crippen LogP contribution >= 0.6 is 0 Å². The molecule has 2 N–H and O–H groups in total. The van der Waals surface area contributed by atoms with Crippen molar-refractivity contribution in [1.29, 1.82) is 0 Å². The summed E-state index contributed by atoms with van der Waals surface area (Å²) >= 11 is 0. The fourth-order valence-corrected chi connectivity index (χ4v) is 5.00.